The minimum Gasteiger partial charge on any atom is -0.490 e. The number of carboxylic acid groups (broad SMARTS) is 1. The zero-order valence-electron chi connectivity index (χ0n) is 11.9. The highest BCUT2D eigenvalue weighted by Gasteiger charge is 2.39. The summed E-state index contributed by atoms with van der Waals surface area (Å²) in [4.78, 5) is 11.4. The zero-order chi connectivity index (χ0) is 14.6. The average Bonchev–Trinajstić information content (AvgIpc) is 3.22. The Bertz CT molecular complexity index is 473. The zero-order valence-corrected chi connectivity index (χ0v) is 11.9. The molecule has 0 heterocycles. The lowest BCUT2D eigenvalue weighted by Gasteiger charge is -2.26. The van der Waals surface area contributed by atoms with E-state index in [1.165, 1.54) is 0 Å². The van der Waals surface area contributed by atoms with Crippen molar-refractivity contribution in [1.82, 2.24) is 5.32 Å². The third-order valence-corrected chi connectivity index (χ3v) is 3.24. The molecule has 0 aliphatic heterocycles. The van der Waals surface area contributed by atoms with Crippen molar-refractivity contribution in [3.63, 3.8) is 0 Å². The summed E-state index contributed by atoms with van der Waals surface area (Å²) < 4.78 is 11.1. The van der Waals surface area contributed by atoms with E-state index in [0.29, 0.717) is 24.1 Å². The fourth-order valence-electron chi connectivity index (χ4n) is 1.91. The highest BCUT2D eigenvalue weighted by Crippen LogP contribution is 2.28. The third-order valence-electron chi connectivity index (χ3n) is 3.24. The van der Waals surface area contributed by atoms with Gasteiger partial charge in [0, 0.05) is 6.04 Å². The van der Waals surface area contributed by atoms with E-state index in [4.69, 9.17) is 9.47 Å². The lowest BCUT2D eigenvalue weighted by molar-refractivity contribution is -0.145. The maximum absolute atomic E-state index is 11.4. The highest BCUT2D eigenvalue weighted by atomic mass is 16.5. The van der Waals surface area contributed by atoms with Crippen LogP contribution in [0.25, 0.3) is 0 Å². The topological polar surface area (TPSA) is 67.8 Å². The molecule has 1 aliphatic carbocycles. The average molecular weight is 279 g/mol. The van der Waals surface area contributed by atoms with Crippen molar-refractivity contribution in [2.24, 2.45) is 0 Å². The summed E-state index contributed by atoms with van der Waals surface area (Å²) in [7, 11) is 0. The Balaban J connectivity index is 2.03. The summed E-state index contributed by atoms with van der Waals surface area (Å²) >= 11 is 0. The number of rotatable bonds is 8. The van der Waals surface area contributed by atoms with E-state index < -0.39 is 11.5 Å². The van der Waals surface area contributed by atoms with Gasteiger partial charge in [-0.3, -0.25) is 10.1 Å². The van der Waals surface area contributed by atoms with Crippen LogP contribution in [0.2, 0.25) is 0 Å². The van der Waals surface area contributed by atoms with Crippen LogP contribution in [0.1, 0.15) is 26.7 Å². The Morgan fingerprint density at radius 3 is 2.45 bits per heavy atom. The van der Waals surface area contributed by atoms with Gasteiger partial charge in [-0.25, -0.2) is 0 Å². The molecule has 1 unspecified atom stereocenters. The van der Waals surface area contributed by atoms with Crippen molar-refractivity contribution in [2.45, 2.75) is 38.3 Å². The smallest absolute Gasteiger partial charge is 0.327 e. The van der Waals surface area contributed by atoms with Gasteiger partial charge < -0.3 is 14.6 Å². The first-order valence-corrected chi connectivity index (χ1v) is 6.91. The summed E-state index contributed by atoms with van der Waals surface area (Å²) in [6.45, 7) is 4.14. The summed E-state index contributed by atoms with van der Waals surface area (Å²) in [5.41, 5.74) is -1.08. The van der Waals surface area contributed by atoms with Gasteiger partial charge in [-0.15, -0.1) is 0 Å². The Hall–Kier alpha value is -1.75. The number of ether oxygens (including phenoxy) is 2. The Kier molecular flexibility index (Phi) is 4.49. The second-order valence-corrected chi connectivity index (χ2v) is 5.22. The molecule has 20 heavy (non-hydrogen) atoms. The second-order valence-electron chi connectivity index (χ2n) is 5.22. The number of hydrogen-bond acceptors (Lipinski definition) is 4. The number of aliphatic carboxylic acids is 1. The van der Waals surface area contributed by atoms with Gasteiger partial charge in [0.1, 0.15) is 12.1 Å². The van der Waals surface area contributed by atoms with E-state index in [1.54, 1.807) is 13.0 Å². The maximum atomic E-state index is 11.4. The maximum Gasteiger partial charge on any atom is 0.327 e. The van der Waals surface area contributed by atoms with Crippen LogP contribution in [0.5, 0.6) is 11.5 Å². The molecule has 0 radical (unpaired) electrons. The molecule has 1 saturated carbocycles. The fourth-order valence-corrected chi connectivity index (χ4v) is 1.91. The third kappa shape index (κ3) is 3.63. The summed E-state index contributed by atoms with van der Waals surface area (Å²) in [6, 6.07) is 7.58. The largest absolute Gasteiger partial charge is 0.490 e. The van der Waals surface area contributed by atoms with E-state index in [2.05, 4.69) is 5.32 Å². The lowest BCUT2D eigenvalue weighted by Crippen LogP contribution is -2.54. The van der Waals surface area contributed by atoms with Crippen molar-refractivity contribution < 1.29 is 19.4 Å². The quantitative estimate of drug-likeness (QED) is 0.762. The molecular weight excluding hydrogens is 258 g/mol. The predicted molar refractivity (Wildman–Crippen MR) is 75.3 cm³/mol. The number of carbonyl (C=O) groups is 1. The molecule has 5 heteroatoms. The van der Waals surface area contributed by atoms with Crippen LogP contribution in [0.3, 0.4) is 0 Å². The normalized spacial score (nSPS) is 17.3. The van der Waals surface area contributed by atoms with Gasteiger partial charge in [0.25, 0.3) is 0 Å². The van der Waals surface area contributed by atoms with E-state index in [9.17, 15) is 9.90 Å². The van der Waals surface area contributed by atoms with Crippen molar-refractivity contribution in [2.75, 3.05) is 13.2 Å². The summed E-state index contributed by atoms with van der Waals surface area (Å²) in [6.07, 6.45) is 2.05. The lowest BCUT2D eigenvalue weighted by atomic mass is 10.0. The van der Waals surface area contributed by atoms with Crippen LogP contribution >= 0.6 is 0 Å². The Morgan fingerprint density at radius 1 is 1.35 bits per heavy atom. The predicted octanol–water partition coefficient (Wildman–Crippen LogP) is 2.06. The number of carboxylic acids is 1. The fraction of sp³-hybridized carbons (Fsp3) is 0.533. The molecule has 0 bridgehead atoms. The van der Waals surface area contributed by atoms with Crippen LogP contribution in [0, 0.1) is 0 Å². The number of benzene rings is 1. The summed E-state index contributed by atoms with van der Waals surface area (Å²) in [5.74, 6) is 0.298. The van der Waals surface area contributed by atoms with Crippen molar-refractivity contribution in [3.05, 3.63) is 24.3 Å². The molecule has 2 N–H and O–H groups in total. The first-order valence-electron chi connectivity index (χ1n) is 6.91. The van der Waals surface area contributed by atoms with Gasteiger partial charge in [-0.2, -0.15) is 0 Å². The molecule has 0 spiro atoms. The molecule has 1 aliphatic rings. The van der Waals surface area contributed by atoms with Crippen LogP contribution in [0.4, 0.5) is 0 Å². The van der Waals surface area contributed by atoms with Gasteiger partial charge in [0.2, 0.25) is 0 Å². The van der Waals surface area contributed by atoms with Crippen LogP contribution in [-0.2, 0) is 4.79 Å². The molecule has 1 fully saturated rings. The number of nitrogens with one attached hydrogen (secondary N) is 1. The minimum absolute atomic E-state index is 0.0585. The van der Waals surface area contributed by atoms with Gasteiger partial charge in [0.15, 0.2) is 11.5 Å². The van der Waals surface area contributed by atoms with Crippen LogP contribution < -0.4 is 14.8 Å². The Labute approximate surface area is 118 Å². The molecule has 0 aromatic heterocycles. The minimum atomic E-state index is -1.08. The van der Waals surface area contributed by atoms with Crippen molar-refractivity contribution in [3.8, 4) is 11.5 Å². The molecule has 1 atom stereocenters. The van der Waals surface area contributed by atoms with Gasteiger partial charge in [-0.1, -0.05) is 12.1 Å². The number of hydrogen-bond donors (Lipinski definition) is 2. The van der Waals surface area contributed by atoms with E-state index in [0.717, 1.165) is 12.8 Å². The molecule has 2 rings (SSSR count). The summed E-state index contributed by atoms with van der Waals surface area (Å²) in [5, 5.41) is 12.5. The van der Waals surface area contributed by atoms with Crippen molar-refractivity contribution >= 4 is 5.97 Å². The highest BCUT2D eigenvalue weighted by molar-refractivity contribution is 5.78. The second kappa shape index (κ2) is 6.13. The molecule has 0 amide bonds. The van der Waals surface area contributed by atoms with Gasteiger partial charge in [-0.05, 0) is 38.8 Å². The molecule has 1 aromatic rings. The van der Waals surface area contributed by atoms with Crippen LogP contribution in [-0.4, -0.2) is 35.9 Å². The molecule has 0 saturated heterocycles. The number of para-hydroxylation sites is 2. The monoisotopic (exact) mass is 279 g/mol. The first kappa shape index (κ1) is 14.7. The SMILES string of the molecule is CCOc1ccccc1OCC(C)(NC1CC1)C(=O)O. The van der Waals surface area contributed by atoms with E-state index in [1.807, 2.05) is 25.1 Å². The van der Waals surface area contributed by atoms with E-state index in [-0.39, 0.29) is 6.61 Å². The molecule has 110 valence electrons. The van der Waals surface area contributed by atoms with Crippen LogP contribution in [0.15, 0.2) is 24.3 Å². The molecule has 1 aromatic carbocycles. The standard InChI is InChI=1S/C15H21NO4/c1-3-19-12-6-4-5-7-13(12)20-10-15(2,14(17)18)16-11-8-9-11/h4-7,11,16H,3,8-10H2,1-2H3,(H,17,18). The molecule has 5 nitrogen and oxygen atoms in total. The van der Waals surface area contributed by atoms with Gasteiger partial charge in [0.05, 0.1) is 6.61 Å². The van der Waals surface area contributed by atoms with E-state index >= 15 is 0 Å². The Morgan fingerprint density at radius 2 is 1.95 bits per heavy atom. The van der Waals surface area contributed by atoms with Crippen molar-refractivity contribution in [1.29, 1.82) is 0 Å². The van der Waals surface area contributed by atoms with Gasteiger partial charge >= 0.3 is 5.97 Å². The first-order chi connectivity index (χ1) is 9.55. The molecular formula is C15H21NO4.